The first kappa shape index (κ1) is 20.3. The van der Waals surface area contributed by atoms with Crippen LogP contribution in [0.15, 0.2) is 30.5 Å². The van der Waals surface area contributed by atoms with E-state index in [2.05, 4.69) is 15.0 Å². The van der Waals surface area contributed by atoms with Gasteiger partial charge in [0.1, 0.15) is 6.61 Å². The van der Waals surface area contributed by atoms with Gasteiger partial charge in [-0.2, -0.15) is 13.2 Å². The Hall–Kier alpha value is -1.77. The van der Waals surface area contributed by atoms with E-state index in [1.807, 2.05) is 24.3 Å². The number of benzene rings is 1. The number of aromatic nitrogens is 1. The predicted molar refractivity (Wildman–Crippen MR) is 87.1 cm³/mol. The normalized spacial score (nSPS) is 12.7. The second-order valence-corrected chi connectivity index (χ2v) is 5.13. The summed E-state index contributed by atoms with van der Waals surface area (Å²) in [4.78, 5) is 14.9. The standard InChI is InChI=1S/C15H18F3N3O2.ClH/c16-15(17,18)9-23-6-5-20-14(22)12(19)7-10-8-21-13-4-2-1-3-11(10)13;/h1-4,8,12,21H,5-7,9,19H2,(H,20,22);1H/t12-;/m0./s1. The number of halogens is 4. The van der Waals surface area contributed by atoms with Crippen LogP contribution in [0.25, 0.3) is 10.9 Å². The highest BCUT2D eigenvalue weighted by atomic mass is 35.5. The maximum atomic E-state index is 11.9. The quantitative estimate of drug-likeness (QED) is 0.658. The molecule has 4 N–H and O–H groups in total. The van der Waals surface area contributed by atoms with E-state index in [-0.39, 0.29) is 25.6 Å². The number of carbonyl (C=O) groups excluding carboxylic acids is 1. The Morgan fingerprint density at radius 3 is 2.75 bits per heavy atom. The highest BCUT2D eigenvalue weighted by Gasteiger charge is 2.27. The van der Waals surface area contributed by atoms with E-state index in [9.17, 15) is 18.0 Å². The van der Waals surface area contributed by atoms with Crippen LogP contribution in [0.3, 0.4) is 0 Å². The number of hydrogen-bond acceptors (Lipinski definition) is 3. The molecule has 1 aromatic heterocycles. The second kappa shape index (κ2) is 8.91. The van der Waals surface area contributed by atoms with Gasteiger partial charge in [0.25, 0.3) is 0 Å². The molecular formula is C15H19ClF3N3O2. The number of nitrogens with two attached hydrogens (primary N) is 1. The third-order valence-electron chi connectivity index (χ3n) is 3.26. The van der Waals surface area contributed by atoms with Gasteiger partial charge in [0.2, 0.25) is 5.91 Å². The number of carbonyl (C=O) groups is 1. The van der Waals surface area contributed by atoms with Crippen molar-refractivity contribution in [2.45, 2.75) is 18.6 Å². The summed E-state index contributed by atoms with van der Waals surface area (Å²) < 4.78 is 40.0. The van der Waals surface area contributed by atoms with Crippen molar-refractivity contribution in [2.24, 2.45) is 5.73 Å². The van der Waals surface area contributed by atoms with Crippen LogP contribution in [0, 0.1) is 0 Å². The van der Waals surface area contributed by atoms with Gasteiger partial charge in [-0.15, -0.1) is 12.4 Å². The Labute approximate surface area is 143 Å². The van der Waals surface area contributed by atoms with Crippen molar-refractivity contribution in [1.82, 2.24) is 10.3 Å². The number of H-pyrrole nitrogens is 1. The molecule has 2 rings (SSSR count). The van der Waals surface area contributed by atoms with Crippen LogP contribution in [0.1, 0.15) is 5.56 Å². The largest absolute Gasteiger partial charge is 0.411 e. The molecule has 1 atom stereocenters. The number of aromatic amines is 1. The van der Waals surface area contributed by atoms with Gasteiger partial charge in [0.15, 0.2) is 0 Å². The van der Waals surface area contributed by atoms with Gasteiger partial charge in [-0.05, 0) is 18.1 Å². The average molecular weight is 366 g/mol. The minimum Gasteiger partial charge on any atom is -0.370 e. The maximum absolute atomic E-state index is 11.9. The molecule has 1 heterocycles. The van der Waals surface area contributed by atoms with E-state index < -0.39 is 24.7 Å². The number of rotatable bonds is 7. The second-order valence-electron chi connectivity index (χ2n) is 5.13. The van der Waals surface area contributed by atoms with E-state index >= 15 is 0 Å². The molecule has 0 bridgehead atoms. The third kappa shape index (κ3) is 6.03. The number of hydrogen-bond donors (Lipinski definition) is 3. The van der Waals surface area contributed by atoms with Crippen LogP contribution in [-0.4, -0.2) is 42.9 Å². The molecule has 0 aliphatic heterocycles. The molecule has 9 heteroatoms. The summed E-state index contributed by atoms with van der Waals surface area (Å²) >= 11 is 0. The lowest BCUT2D eigenvalue weighted by Crippen LogP contribution is -2.43. The predicted octanol–water partition coefficient (Wildman–Crippen LogP) is 2.15. The zero-order chi connectivity index (χ0) is 16.9. The summed E-state index contributed by atoms with van der Waals surface area (Å²) in [6, 6.07) is 6.86. The molecule has 0 fully saturated rings. The van der Waals surface area contributed by atoms with Crippen molar-refractivity contribution < 1.29 is 22.7 Å². The number of fused-ring (bicyclic) bond motifs is 1. The van der Waals surface area contributed by atoms with Crippen LogP contribution in [0.2, 0.25) is 0 Å². The number of nitrogens with one attached hydrogen (secondary N) is 2. The molecule has 1 amide bonds. The van der Waals surface area contributed by atoms with Crippen LogP contribution in [0.5, 0.6) is 0 Å². The molecule has 0 unspecified atom stereocenters. The van der Waals surface area contributed by atoms with Crippen molar-refractivity contribution >= 4 is 29.2 Å². The fraction of sp³-hybridized carbons (Fsp3) is 0.400. The van der Waals surface area contributed by atoms with Crippen LogP contribution >= 0.6 is 12.4 Å². The summed E-state index contributed by atoms with van der Waals surface area (Å²) in [5, 5.41) is 3.45. The number of alkyl halides is 3. The van der Waals surface area contributed by atoms with Gasteiger partial charge in [-0.3, -0.25) is 4.79 Å². The zero-order valence-electron chi connectivity index (χ0n) is 12.7. The summed E-state index contributed by atoms with van der Waals surface area (Å²) in [6.07, 6.45) is -2.24. The van der Waals surface area contributed by atoms with Gasteiger partial charge < -0.3 is 20.8 Å². The maximum Gasteiger partial charge on any atom is 0.411 e. The summed E-state index contributed by atoms with van der Waals surface area (Å²) in [7, 11) is 0. The van der Waals surface area contributed by atoms with Crippen LogP contribution < -0.4 is 11.1 Å². The fourth-order valence-electron chi connectivity index (χ4n) is 2.20. The molecule has 24 heavy (non-hydrogen) atoms. The van der Waals surface area contributed by atoms with Crippen LogP contribution in [-0.2, 0) is 16.0 Å². The van der Waals surface area contributed by atoms with Crippen LogP contribution in [0.4, 0.5) is 13.2 Å². The molecular weight excluding hydrogens is 347 g/mol. The fourth-order valence-corrected chi connectivity index (χ4v) is 2.20. The summed E-state index contributed by atoms with van der Waals surface area (Å²) in [5.41, 5.74) is 7.70. The highest BCUT2D eigenvalue weighted by Crippen LogP contribution is 2.18. The molecule has 134 valence electrons. The minimum atomic E-state index is -4.37. The van der Waals surface area contributed by atoms with E-state index in [1.54, 1.807) is 6.20 Å². The topological polar surface area (TPSA) is 80.1 Å². The first-order valence-electron chi connectivity index (χ1n) is 7.09. The van der Waals surface area contributed by atoms with Gasteiger partial charge in [-0.1, -0.05) is 18.2 Å². The molecule has 2 aromatic rings. The Kier molecular flexibility index (Phi) is 7.53. The molecule has 1 aromatic carbocycles. The lowest BCUT2D eigenvalue weighted by atomic mass is 10.1. The number of ether oxygens (including phenoxy) is 1. The Bertz CT molecular complexity index is 661. The Balaban J connectivity index is 0.00000288. The average Bonchev–Trinajstić information content (AvgIpc) is 2.89. The van der Waals surface area contributed by atoms with E-state index in [1.165, 1.54) is 0 Å². The molecule has 5 nitrogen and oxygen atoms in total. The smallest absolute Gasteiger partial charge is 0.370 e. The van der Waals surface area contributed by atoms with Crippen molar-refractivity contribution in [3.63, 3.8) is 0 Å². The van der Waals surface area contributed by atoms with E-state index in [0.29, 0.717) is 6.42 Å². The molecule has 0 radical (unpaired) electrons. The molecule has 0 aliphatic rings. The summed E-state index contributed by atoms with van der Waals surface area (Å²) in [5.74, 6) is -0.425. The van der Waals surface area contributed by atoms with Crippen molar-refractivity contribution in [3.05, 3.63) is 36.0 Å². The molecule has 0 spiro atoms. The van der Waals surface area contributed by atoms with Crippen molar-refractivity contribution in [3.8, 4) is 0 Å². The lowest BCUT2D eigenvalue weighted by molar-refractivity contribution is -0.173. The van der Waals surface area contributed by atoms with Gasteiger partial charge in [-0.25, -0.2) is 0 Å². The first-order chi connectivity index (χ1) is 10.9. The van der Waals surface area contributed by atoms with Gasteiger partial charge in [0.05, 0.1) is 12.6 Å². The van der Waals surface area contributed by atoms with E-state index in [4.69, 9.17) is 5.73 Å². The van der Waals surface area contributed by atoms with Gasteiger partial charge >= 0.3 is 6.18 Å². The third-order valence-corrected chi connectivity index (χ3v) is 3.26. The monoisotopic (exact) mass is 365 g/mol. The number of amides is 1. The molecule has 0 aliphatic carbocycles. The first-order valence-corrected chi connectivity index (χ1v) is 7.09. The SMILES string of the molecule is Cl.N[C@@H](Cc1c[nH]c2ccccc12)C(=O)NCCOCC(F)(F)F. The molecule has 0 saturated heterocycles. The Morgan fingerprint density at radius 1 is 1.33 bits per heavy atom. The Morgan fingerprint density at radius 2 is 2.04 bits per heavy atom. The van der Waals surface area contributed by atoms with Crippen molar-refractivity contribution in [1.29, 1.82) is 0 Å². The zero-order valence-corrected chi connectivity index (χ0v) is 13.5. The minimum absolute atomic E-state index is 0. The number of para-hydroxylation sites is 1. The van der Waals surface area contributed by atoms with Crippen molar-refractivity contribution in [2.75, 3.05) is 19.8 Å². The lowest BCUT2D eigenvalue weighted by Gasteiger charge is -2.12. The molecule has 0 saturated carbocycles. The highest BCUT2D eigenvalue weighted by molar-refractivity contribution is 5.86. The van der Waals surface area contributed by atoms with Gasteiger partial charge in [0, 0.05) is 23.6 Å². The summed E-state index contributed by atoms with van der Waals surface area (Å²) in [6.45, 7) is -1.56. The van der Waals surface area contributed by atoms with E-state index in [0.717, 1.165) is 16.5 Å².